The van der Waals surface area contributed by atoms with E-state index in [2.05, 4.69) is 9.96 Å². The summed E-state index contributed by atoms with van der Waals surface area (Å²) in [6.07, 6.45) is 0. The highest BCUT2D eigenvalue weighted by molar-refractivity contribution is 6.57. The lowest BCUT2D eigenvalue weighted by atomic mass is 10.5. The van der Waals surface area contributed by atoms with Gasteiger partial charge in [-0.15, -0.1) is 0 Å². The van der Waals surface area contributed by atoms with Gasteiger partial charge in [0.25, 0.3) is 0 Å². The first-order valence-electron chi connectivity index (χ1n) is 6.60. The predicted octanol–water partition coefficient (Wildman–Crippen LogP) is 0.939. The zero-order valence-electron chi connectivity index (χ0n) is 12.1. The van der Waals surface area contributed by atoms with Crippen molar-refractivity contribution in [2.75, 3.05) is 26.2 Å². The number of carbonyl (C=O) groups excluding carboxylic acids is 2. The number of nitrogens with zero attached hydrogens (tertiary/aromatic N) is 2. The minimum atomic E-state index is -1.77. The smallest absolute Gasteiger partial charge is 0.310 e. The molecule has 2 N–H and O–H groups in total. The highest BCUT2D eigenvalue weighted by Gasteiger charge is 2.17. The molecule has 0 fully saturated rings. The van der Waals surface area contributed by atoms with Gasteiger partial charge in [-0.3, -0.25) is 0 Å². The first-order chi connectivity index (χ1) is 8.49. The Morgan fingerprint density at radius 1 is 0.833 bits per heavy atom. The van der Waals surface area contributed by atoms with Crippen LogP contribution in [0.5, 0.6) is 0 Å². The van der Waals surface area contributed by atoms with Gasteiger partial charge in [-0.25, -0.2) is 9.59 Å². The predicted molar refractivity (Wildman–Crippen MR) is 75.9 cm³/mol. The zero-order chi connectivity index (χ0) is 14.1. The average molecular weight is 274 g/mol. The van der Waals surface area contributed by atoms with Crippen LogP contribution < -0.4 is 9.96 Å². The van der Waals surface area contributed by atoms with E-state index in [4.69, 9.17) is 0 Å². The van der Waals surface area contributed by atoms with Gasteiger partial charge in [0.05, 0.1) is 0 Å². The van der Waals surface area contributed by atoms with E-state index in [0.29, 0.717) is 26.2 Å². The molecule has 0 saturated heterocycles. The second-order valence-electron chi connectivity index (χ2n) is 3.97. The molecular formula is C11H26N4O2Si. The number of amides is 4. The number of rotatable bonds is 6. The van der Waals surface area contributed by atoms with Crippen molar-refractivity contribution in [2.45, 2.75) is 34.2 Å². The molecule has 0 saturated carbocycles. The molecule has 18 heavy (non-hydrogen) atoms. The third-order valence-electron chi connectivity index (χ3n) is 2.78. The summed E-state index contributed by atoms with van der Waals surface area (Å²) >= 11 is 0. The molecule has 0 aromatic heterocycles. The van der Waals surface area contributed by atoms with E-state index in [1.54, 1.807) is 9.80 Å². The second kappa shape index (κ2) is 8.79. The third-order valence-corrected chi connectivity index (χ3v) is 4.14. The summed E-state index contributed by atoms with van der Waals surface area (Å²) in [6.45, 7) is 12.3. The van der Waals surface area contributed by atoms with Crippen molar-refractivity contribution in [3.05, 3.63) is 0 Å². The molecule has 0 bridgehead atoms. The molecule has 0 aromatic carbocycles. The summed E-state index contributed by atoms with van der Waals surface area (Å²) in [6, 6.07) is -0.196. The van der Waals surface area contributed by atoms with Gasteiger partial charge in [-0.05, 0) is 34.2 Å². The van der Waals surface area contributed by atoms with Crippen LogP contribution in [0.15, 0.2) is 0 Å². The molecule has 0 aliphatic rings. The molecule has 0 atom stereocenters. The molecule has 6 nitrogen and oxygen atoms in total. The van der Waals surface area contributed by atoms with Gasteiger partial charge in [-0.2, -0.15) is 0 Å². The summed E-state index contributed by atoms with van der Waals surface area (Å²) in [4.78, 5) is 32.8. The van der Waals surface area contributed by atoms with Crippen molar-refractivity contribution in [1.29, 1.82) is 0 Å². The lowest BCUT2D eigenvalue weighted by molar-refractivity contribution is 0.206. The Bertz CT molecular complexity index is 242. The van der Waals surface area contributed by atoms with E-state index in [-0.39, 0.29) is 12.1 Å². The Hall–Kier alpha value is -1.24. The van der Waals surface area contributed by atoms with Crippen molar-refractivity contribution in [3.63, 3.8) is 0 Å². The fourth-order valence-electron chi connectivity index (χ4n) is 1.61. The molecule has 0 heterocycles. The fraction of sp³-hybridized carbons (Fsp3) is 0.818. The third kappa shape index (κ3) is 5.39. The maximum Gasteiger partial charge on any atom is 0.310 e. The van der Waals surface area contributed by atoms with Gasteiger partial charge >= 0.3 is 12.1 Å². The van der Waals surface area contributed by atoms with Gasteiger partial charge in [0.1, 0.15) is 0 Å². The molecular weight excluding hydrogens is 248 g/mol. The van der Waals surface area contributed by atoms with Crippen LogP contribution in [-0.4, -0.2) is 57.2 Å². The van der Waals surface area contributed by atoms with Gasteiger partial charge in [-0.1, -0.05) is 0 Å². The van der Waals surface area contributed by atoms with Crippen molar-refractivity contribution in [2.24, 2.45) is 0 Å². The van der Waals surface area contributed by atoms with E-state index in [1.165, 1.54) is 0 Å². The van der Waals surface area contributed by atoms with E-state index in [0.717, 1.165) is 0 Å². The van der Waals surface area contributed by atoms with Crippen molar-refractivity contribution in [1.82, 2.24) is 19.8 Å². The lowest BCUT2D eigenvalue weighted by Gasteiger charge is -2.25. The average Bonchev–Trinajstić information content (AvgIpc) is 2.31. The van der Waals surface area contributed by atoms with Crippen molar-refractivity contribution < 1.29 is 9.59 Å². The van der Waals surface area contributed by atoms with Crippen molar-refractivity contribution >= 4 is 21.2 Å². The van der Waals surface area contributed by atoms with Gasteiger partial charge in [0.15, 0.2) is 0 Å². The van der Waals surface area contributed by atoms with E-state index >= 15 is 0 Å². The quantitative estimate of drug-likeness (QED) is 0.708. The van der Waals surface area contributed by atoms with Crippen LogP contribution in [0.3, 0.4) is 0 Å². The van der Waals surface area contributed by atoms with Gasteiger partial charge in [0.2, 0.25) is 9.12 Å². The van der Waals surface area contributed by atoms with Gasteiger partial charge < -0.3 is 19.8 Å². The highest BCUT2D eigenvalue weighted by Crippen LogP contribution is 1.91. The van der Waals surface area contributed by atoms with Crippen LogP contribution >= 0.6 is 0 Å². The van der Waals surface area contributed by atoms with E-state index in [9.17, 15) is 9.59 Å². The molecule has 0 aromatic rings. The first kappa shape index (κ1) is 16.8. The second-order valence-corrected chi connectivity index (χ2v) is 5.99. The van der Waals surface area contributed by atoms with Crippen LogP contribution in [0.1, 0.15) is 27.7 Å². The minimum Gasteiger partial charge on any atom is -0.349 e. The molecule has 0 rings (SSSR count). The number of carbonyl (C=O) groups is 2. The first-order valence-corrected chi connectivity index (χ1v) is 8.91. The largest absolute Gasteiger partial charge is 0.349 e. The summed E-state index contributed by atoms with van der Waals surface area (Å²) in [5.41, 5.74) is 0. The van der Waals surface area contributed by atoms with Crippen LogP contribution in [-0.2, 0) is 0 Å². The maximum absolute atomic E-state index is 11.8. The monoisotopic (exact) mass is 274 g/mol. The number of hydrogen-bond donors (Lipinski definition) is 2. The zero-order valence-corrected chi connectivity index (χ0v) is 13.3. The molecule has 4 amide bonds. The summed E-state index contributed by atoms with van der Waals surface area (Å²) in [5, 5.41) is 0. The molecule has 0 spiro atoms. The molecule has 7 heteroatoms. The lowest BCUT2D eigenvalue weighted by Crippen LogP contribution is -2.56. The Balaban J connectivity index is 4.22. The van der Waals surface area contributed by atoms with E-state index < -0.39 is 9.12 Å². The Kier molecular flexibility index (Phi) is 8.18. The molecule has 0 aliphatic heterocycles. The topological polar surface area (TPSA) is 64.7 Å². The SMILES string of the molecule is CCN(CC)C(=O)N[SiH](C)NC(=O)N(CC)CC. The molecule has 0 radical (unpaired) electrons. The number of nitrogens with one attached hydrogen (secondary N) is 2. The summed E-state index contributed by atoms with van der Waals surface area (Å²) in [5.74, 6) is 0. The molecule has 0 aliphatic carbocycles. The van der Waals surface area contributed by atoms with Crippen LogP contribution in [0.4, 0.5) is 9.59 Å². The highest BCUT2D eigenvalue weighted by atomic mass is 28.3. The Labute approximate surface area is 111 Å². The molecule has 106 valence electrons. The van der Waals surface area contributed by atoms with Crippen molar-refractivity contribution in [3.8, 4) is 0 Å². The van der Waals surface area contributed by atoms with E-state index in [1.807, 2.05) is 34.2 Å². The summed E-state index contributed by atoms with van der Waals surface area (Å²) in [7, 11) is -1.77. The standard InChI is InChI=1S/C11H26N4O2Si/c1-6-14(7-2)10(16)12-18(5)13-11(17)15(8-3)9-4/h18H,6-9H2,1-5H3,(H,12,16)(H,13,17). The Morgan fingerprint density at radius 2 is 1.11 bits per heavy atom. The minimum absolute atomic E-state index is 0.0981. The van der Waals surface area contributed by atoms with Crippen LogP contribution in [0.25, 0.3) is 0 Å². The fourth-order valence-corrected chi connectivity index (χ4v) is 2.79. The summed E-state index contributed by atoms with van der Waals surface area (Å²) < 4.78 is 0. The number of urea groups is 2. The number of hydrogen-bond acceptors (Lipinski definition) is 2. The normalized spacial score (nSPS) is 10.1. The van der Waals surface area contributed by atoms with Crippen LogP contribution in [0.2, 0.25) is 6.55 Å². The maximum atomic E-state index is 11.8. The Morgan fingerprint density at radius 3 is 1.33 bits per heavy atom. The molecule has 0 unspecified atom stereocenters. The van der Waals surface area contributed by atoms with Gasteiger partial charge in [0, 0.05) is 26.2 Å². The van der Waals surface area contributed by atoms with Crippen LogP contribution in [0, 0.1) is 0 Å².